The van der Waals surface area contributed by atoms with Crippen LogP contribution in [0.5, 0.6) is 0 Å². The van der Waals surface area contributed by atoms with Gasteiger partial charge in [-0.15, -0.1) is 11.8 Å². The molecular weight excluding hydrogens is 224 g/mol. The van der Waals surface area contributed by atoms with Gasteiger partial charge in [0, 0.05) is 15.6 Å². The lowest BCUT2D eigenvalue weighted by Crippen LogP contribution is -1.85. The van der Waals surface area contributed by atoms with Gasteiger partial charge in [0.15, 0.2) is 5.69 Å². The van der Waals surface area contributed by atoms with Gasteiger partial charge in [-0.1, -0.05) is 0 Å². The summed E-state index contributed by atoms with van der Waals surface area (Å²) >= 11 is 4.80. The second-order valence-corrected chi connectivity index (χ2v) is 3.58. The van der Waals surface area contributed by atoms with Gasteiger partial charge in [-0.3, -0.25) is 0 Å². The Balaban J connectivity index is 3.19. The van der Waals surface area contributed by atoms with Gasteiger partial charge in [0.25, 0.3) is 0 Å². The van der Waals surface area contributed by atoms with Gasteiger partial charge >= 0.3 is 0 Å². The van der Waals surface area contributed by atoms with E-state index in [0.29, 0.717) is 5.69 Å². The predicted molar refractivity (Wildman–Crippen MR) is 48.4 cm³/mol. The Hall–Kier alpha value is -0.530. The number of pyridine rings is 1. The highest BCUT2D eigenvalue weighted by Crippen LogP contribution is 2.21. The quantitative estimate of drug-likeness (QED) is 0.694. The third-order valence-electron chi connectivity index (χ3n) is 1.15. The Morgan fingerprint density at radius 1 is 1.73 bits per heavy atom. The van der Waals surface area contributed by atoms with Crippen molar-refractivity contribution in [1.82, 2.24) is 4.98 Å². The Kier molecular flexibility index (Phi) is 2.92. The number of thioether (sulfide) groups is 1. The van der Waals surface area contributed by atoms with Crippen LogP contribution in [-0.2, 0) is 0 Å². The van der Waals surface area contributed by atoms with Crippen molar-refractivity contribution in [2.24, 2.45) is 0 Å². The van der Waals surface area contributed by atoms with Gasteiger partial charge < -0.3 is 0 Å². The van der Waals surface area contributed by atoms with Crippen LogP contribution in [0.25, 0.3) is 0 Å². The van der Waals surface area contributed by atoms with Crippen molar-refractivity contribution in [2.75, 3.05) is 6.26 Å². The van der Waals surface area contributed by atoms with Gasteiger partial charge in [-0.25, -0.2) is 4.98 Å². The Labute approximate surface area is 77.8 Å². The number of nitriles is 1. The van der Waals surface area contributed by atoms with E-state index in [2.05, 4.69) is 20.9 Å². The molecule has 4 heteroatoms. The lowest BCUT2D eigenvalue weighted by molar-refractivity contribution is 1.17. The first-order valence-corrected chi connectivity index (χ1v) is 4.89. The van der Waals surface area contributed by atoms with Crippen LogP contribution in [0, 0.1) is 11.3 Å². The molecule has 0 aromatic carbocycles. The van der Waals surface area contributed by atoms with Gasteiger partial charge in [0.2, 0.25) is 0 Å². The third kappa shape index (κ3) is 1.95. The summed E-state index contributed by atoms with van der Waals surface area (Å²) in [7, 11) is 0. The summed E-state index contributed by atoms with van der Waals surface area (Å²) in [5, 5.41) is 8.60. The average molecular weight is 229 g/mol. The summed E-state index contributed by atoms with van der Waals surface area (Å²) in [5.74, 6) is 0. The largest absolute Gasteiger partial charge is 0.243 e. The molecule has 0 aliphatic heterocycles. The molecule has 1 aromatic rings. The fourth-order valence-corrected chi connectivity index (χ4v) is 1.68. The zero-order valence-corrected chi connectivity index (χ0v) is 8.24. The summed E-state index contributed by atoms with van der Waals surface area (Å²) < 4.78 is 0.904. The van der Waals surface area contributed by atoms with Crippen LogP contribution in [0.4, 0.5) is 0 Å². The molecule has 0 bridgehead atoms. The van der Waals surface area contributed by atoms with Crippen LogP contribution < -0.4 is 0 Å². The molecule has 0 spiro atoms. The Morgan fingerprint density at radius 2 is 2.45 bits per heavy atom. The zero-order valence-electron chi connectivity index (χ0n) is 5.84. The van der Waals surface area contributed by atoms with Crippen LogP contribution in [0.2, 0.25) is 0 Å². The van der Waals surface area contributed by atoms with Crippen molar-refractivity contribution in [3.63, 3.8) is 0 Å². The molecule has 0 radical (unpaired) electrons. The molecule has 2 nitrogen and oxygen atoms in total. The maximum Gasteiger partial charge on any atom is 0.154 e. The molecule has 1 aromatic heterocycles. The second-order valence-electron chi connectivity index (χ2n) is 1.82. The first kappa shape index (κ1) is 8.57. The van der Waals surface area contributed by atoms with Crippen molar-refractivity contribution in [3.8, 4) is 6.07 Å². The standard InChI is InChI=1S/C7H5BrN2S/c1-11-7-2-5(8)4-10-6(7)3-9/h2,4H,1H3. The fourth-order valence-electron chi connectivity index (χ4n) is 0.660. The van der Waals surface area contributed by atoms with Crippen LogP contribution in [0.1, 0.15) is 5.69 Å². The van der Waals surface area contributed by atoms with Gasteiger partial charge in [-0.2, -0.15) is 5.26 Å². The normalized spacial score (nSPS) is 9.18. The summed E-state index contributed by atoms with van der Waals surface area (Å²) in [6, 6.07) is 3.91. The molecule has 1 heterocycles. The molecule has 0 atom stereocenters. The number of halogens is 1. The van der Waals surface area contributed by atoms with E-state index in [0.717, 1.165) is 9.37 Å². The number of aromatic nitrogens is 1. The second kappa shape index (κ2) is 3.74. The predicted octanol–water partition coefficient (Wildman–Crippen LogP) is 2.44. The lowest BCUT2D eigenvalue weighted by atomic mass is 10.4. The Morgan fingerprint density at radius 3 is 3.00 bits per heavy atom. The molecule has 0 saturated heterocycles. The van der Waals surface area contributed by atoms with E-state index in [-0.39, 0.29) is 0 Å². The lowest BCUT2D eigenvalue weighted by Gasteiger charge is -1.97. The summed E-state index contributed by atoms with van der Waals surface area (Å²) in [6.07, 6.45) is 3.54. The fraction of sp³-hybridized carbons (Fsp3) is 0.143. The number of hydrogen-bond acceptors (Lipinski definition) is 3. The van der Waals surface area contributed by atoms with Gasteiger partial charge in [0.05, 0.1) is 0 Å². The smallest absolute Gasteiger partial charge is 0.154 e. The van der Waals surface area contributed by atoms with Crippen LogP contribution >= 0.6 is 27.7 Å². The molecule has 0 N–H and O–H groups in total. The molecule has 0 saturated carbocycles. The van der Waals surface area contributed by atoms with E-state index >= 15 is 0 Å². The highest BCUT2D eigenvalue weighted by Gasteiger charge is 2.01. The SMILES string of the molecule is CSc1cc(Br)cnc1C#N. The topological polar surface area (TPSA) is 36.7 Å². The highest BCUT2D eigenvalue weighted by molar-refractivity contribution is 9.10. The van der Waals surface area contributed by atoms with E-state index < -0.39 is 0 Å². The first-order chi connectivity index (χ1) is 5.27. The minimum Gasteiger partial charge on any atom is -0.243 e. The molecule has 0 amide bonds. The number of nitrogens with zero attached hydrogens (tertiary/aromatic N) is 2. The van der Waals surface area contributed by atoms with Gasteiger partial charge in [-0.05, 0) is 28.3 Å². The van der Waals surface area contributed by atoms with E-state index in [1.54, 1.807) is 6.20 Å². The van der Waals surface area contributed by atoms with Gasteiger partial charge in [0.1, 0.15) is 6.07 Å². The van der Waals surface area contributed by atoms with E-state index in [4.69, 9.17) is 5.26 Å². The highest BCUT2D eigenvalue weighted by atomic mass is 79.9. The zero-order chi connectivity index (χ0) is 8.27. The number of rotatable bonds is 1. The van der Waals surface area contributed by atoms with Crippen molar-refractivity contribution in [2.45, 2.75) is 4.90 Å². The molecule has 0 aliphatic carbocycles. The van der Waals surface area contributed by atoms with Crippen molar-refractivity contribution < 1.29 is 0 Å². The van der Waals surface area contributed by atoms with Crippen molar-refractivity contribution >= 4 is 27.7 Å². The Bertz CT molecular complexity index is 306. The molecule has 0 fully saturated rings. The van der Waals surface area contributed by atoms with Crippen LogP contribution in [0.3, 0.4) is 0 Å². The molecule has 1 rings (SSSR count). The summed E-state index contributed by atoms with van der Waals surface area (Å²) in [5.41, 5.74) is 0.487. The molecule has 0 unspecified atom stereocenters. The molecule has 11 heavy (non-hydrogen) atoms. The van der Waals surface area contributed by atoms with Crippen molar-refractivity contribution in [1.29, 1.82) is 5.26 Å². The molecule has 0 aliphatic rings. The van der Waals surface area contributed by atoms with E-state index in [9.17, 15) is 0 Å². The molecular formula is C7H5BrN2S. The minimum absolute atomic E-state index is 0.487. The first-order valence-electron chi connectivity index (χ1n) is 2.87. The molecule has 56 valence electrons. The summed E-state index contributed by atoms with van der Waals surface area (Å²) in [6.45, 7) is 0. The number of hydrogen-bond donors (Lipinski definition) is 0. The van der Waals surface area contributed by atoms with Crippen LogP contribution in [0.15, 0.2) is 21.6 Å². The monoisotopic (exact) mass is 228 g/mol. The average Bonchev–Trinajstić information content (AvgIpc) is 2.04. The third-order valence-corrected chi connectivity index (χ3v) is 2.33. The van der Waals surface area contributed by atoms with Crippen LogP contribution in [-0.4, -0.2) is 11.2 Å². The maximum absolute atomic E-state index is 8.60. The van der Waals surface area contributed by atoms with E-state index in [1.165, 1.54) is 11.8 Å². The maximum atomic E-state index is 8.60. The van der Waals surface area contributed by atoms with E-state index in [1.807, 2.05) is 18.4 Å². The van der Waals surface area contributed by atoms with Crippen molar-refractivity contribution in [3.05, 3.63) is 22.4 Å². The minimum atomic E-state index is 0.487. The summed E-state index contributed by atoms with van der Waals surface area (Å²) in [4.78, 5) is 4.84.